The van der Waals surface area contributed by atoms with Gasteiger partial charge in [0.1, 0.15) is 0 Å². The molecule has 1 saturated carbocycles. The van der Waals surface area contributed by atoms with Crippen LogP contribution in [0.5, 0.6) is 0 Å². The second-order valence-corrected chi connectivity index (χ2v) is 12.1. The number of hydrogen-bond donors (Lipinski definition) is 0. The number of hydrogen-bond acceptors (Lipinski definition) is 1. The van der Waals surface area contributed by atoms with Crippen LogP contribution in [0, 0.1) is 0 Å². The summed E-state index contributed by atoms with van der Waals surface area (Å²) in [5.74, 6) is 0. The van der Waals surface area contributed by atoms with Crippen molar-refractivity contribution < 1.29 is 4.43 Å². The molecule has 0 radical (unpaired) electrons. The summed E-state index contributed by atoms with van der Waals surface area (Å²) in [7, 11) is -2.39. The molecular formula is C22H28OSi. The van der Waals surface area contributed by atoms with Gasteiger partial charge in [-0.2, -0.15) is 0 Å². The third kappa shape index (κ3) is 3.13. The first-order valence-electron chi connectivity index (χ1n) is 8.89. The molecular weight excluding hydrogens is 308 g/mol. The average Bonchev–Trinajstić information content (AvgIpc) is 2.98. The van der Waals surface area contributed by atoms with Gasteiger partial charge in [0.05, 0.1) is 0 Å². The van der Waals surface area contributed by atoms with Crippen LogP contribution in [0.2, 0.25) is 5.04 Å². The Morgan fingerprint density at radius 2 is 1.42 bits per heavy atom. The summed E-state index contributed by atoms with van der Waals surface area (Å²) >= 11 is 0. The van der Waals surface area contributed by atoms with Crippen molar-refractivity contribution in [1.29, 1.82) is 0 Å². The van der Waals surface area contributed by atoms with E-state index in [-0.39, 0.29) is 5.04 Å². The van der Waals surface area contributed by atoms with E-state index >= 15 is 0 Å². The molecule has 0 aromatic heterocycles. The zero-order chi connectivity index (χ0) is 17.2. The molecule has 1 fully saturated rings. The van der Waals surface area contributed by atoms with Gasteiger partial charge in [-0.15, -0.1) is 0 Å². The third-order valence-electron chi connectivity index (χ3n) is 5.10. The highest BCUT2D eigenvalue weighted by Crippen LogP contribution is 2.40. The van der Waals surface area contributed by atoms with Gasteiger partial charge in [-0.25, -0.2) is 0 Å². The van der Waals surface area contributed by atoms with E-state index in [2.05, 4.69) is 88.0 Å². The highest BCUT2D eigenvalue weighted by Gasteiger charge is 2.51. The Labute approximate surface area is 147 Å². The quantitative estimate of drug-likeness (QED) is 0.582. The largest absolute Gasteiger partial charge is 0.404 e. The first-order chi connectivity index (χ1) is 11.4. The summed E-state index contributed by atoms with van der Waals surface area (Å²) in [6.07, 6.45) is 3.50. The van der Waals surface area contributed by atoms with Crippen LogP contribution < -0.4 is 10.4 Å². The Kier molecular flexibility index (Phi) is 4.80. The topological polar surface area (TPSA) is 9.23 Å². The maximum atomic E-state index is 7.08. The molecule has 0 unspecified atom stereocenters. The van der Waals surface area contributed by atoms with E-state index in [4.69, 9.17) is 4.43 Å². The van der Waals surface area contributed by atoms with Crippen molar-refractivity contribution in [3.05, 3.63) is 72.8 Å². The molecule has 3 rings (SSSR count). The average molecular weight is 337 g/mol. The van der Waals surface area contributed by atoms with E-state index in [0.29, 0.717) is 6.10 Å². The van der Waals surface area contributed by atoms with E-state index < -0.39 is 8.32 Å². The first kappa shape index (κ1) is 17.2. The molecule has 1 nitrogen and oxygen atoms in total. The SMILES string of the molecule is C=C1CC[C@H](O[Si](c2ccccc2)(c2ccccc2)C(C)(C)C)C1. The Morgan fingerprint density at radius 3 is 1.79 bits per heavy atom. The lowest BCUT2D eigenvalue weighted by atomic mass is 10.2. The van der Waals surface area contributed by atoms with Crippen molar-refractivity contribution in [2.45, 2.75) is 51.2 Å². The fraction of sp³-hybridized carbons (Fsp3) is 0.364. The van der Waals surface area contributed by atoms with Crippen molar-refractivity contribution in [3.63, 3.8) is 0 Å². The van der Waals surface area contributed by atoms with Crippen LogP contribution in [0.1, 0.15) is 40.0 Å². The van der Waals surface area contributed by atoms with E-state index in [1.165, 1.54) is 15.9 Å². The van der Waals surface area contributed by atoms with Crippen LogP contribution >= 0.6 is 0 Å². The van der Waals surface area contributed by atoms with Crippen LogP contribution in [0.4, 0.5) is 0 Å². The van der Waals surface area contributed by atoms with Gasteiger partial charge in [-0.05, 0) is 34.7 Å². The Bertz CT molecular complexity index is 645. The summed E-state index contributed by atoms with van der Waals surface area (Å²) < 4.78 is 7.08. The minimum Gasteiger partial charge on any atom is -0.404 e. The lowest BCUT2D eigenvalue weighted by Crippen LogP contribution is -2.67. The van der Waals surface area contributed by atoms with Crippen LogP contribution in [-0.2, 0) is 4.43 Å². The van der Waals surface area contributed by atoms with E-state index in [0.717, 1.165) is 19.3 Å². The van der Waals surface area contributed by atoms with Crippen molar-refractivity contribution in [2.24, 2.45) is 0 Å². The van der Waals surface area contributed by atoms with Crippen LogP contribution in [0.15, 0.2) is 72.8 Å². The second-order valence-electron chi connectivity index (χ2n) is 7.90. The molecule has 0 N–H and O–H groups in total. The second kappa shape index (κ2) is 6.70. The van der Waals surface area contributed by atoms with E-state index in [9.17, 15) is 0 Å². The normalized spacial score (nSPS) is 18.8. The highest BCUT2D eigenvalue weighted by atomic mass is 28.4. The first-order valence-corrected chi connectivity index (χ1v) is 10.8. The molecule has 2 aromatic rings. The smallest absolute Gasteiger partial charge is 0.261 e. The Morgan fingerprint density at radius 1 is 0.917 bits per heavy atom. The minimum absolute atomic E-state index is 0.0552. The molecule has 126 valence electrons. The summed E-state index contributed by atoms with van der Waals surface area (Å²) in [6.45, 7) is 11.2. The molecule has 24 heavy (non-hydrogen) atoms. The third-order valence-corrected chi connectivity index (χ3v) is 10.2. The maximum Gasteiger partial charge on any atom is 0.261 e. The standard InChI is InChI=1S/C22H28OSi/c1-18-15-16-19(17-18)23-24(22(2,3)4,20-11-7-5-8-12-20)21-13-9-6-10-14-21/h5-14,19H,1,15-17H2,2-4H3/t19-/m0/s1. The van der Waals surface area contributed by atoms with Crippen LogP contribution in [0.3, 0.4) is 0 Å². The zero-order valence-electron chi connectivity index (χ0n) is 15.1. The van der Waals surface area contributed by atoms with Gasteiger partial charge in [-0.1, -0.05) is 93.6 Å². The predicted molar refractivity (Wildman–Crippen MR) is 105 cm³/mol. The van der Waals surface area contributed by atoms with Crippen molar-refractivity contribution in [2.75, 3.05) is 0 Å². The van der Waals surface area contributed by atoms with Crippen LogP contribution in [-0.4, -0.2) is 14.4 Å². The predicted octanol–water partition coefficient (Wildman–Crippen LogP) is 4.67. The minimum atomic E-state index is -2.39. The summed E-state index contributed by atoms with van der Waals surface area (Å²) in [6, 6.07) is 21.8. The maximum absolute atomic E-state index is 7.08. The van der Waals surface area contributed by atoms with Crippen molar-refractivity contribution in [3.8, 4) is 0 Å². The fourth-order valence-electron chi connectivity index (χ4n) is 3.93. The molecule has 2 aromatic carbocycles. The Hall–Kier alpha value is -1.64. The number of benzene rings is 2. The van der Waals surface area contributed by atoms with Gasteiger partial charge in [0.15, 0.2) is 0 Å². The van der Waals surface area contributed by atoms with Gasteiger partial charge in [0.25, 0.3) is 8.32 Å². The summed E-state index contributed by atoms with van der Waals surface area (Å²) in [5.41, 5.74) is 1.33. The molecule has 1 aliphatic rings. The van der Waals surface area contributed by atoms with Gasteiger partial charge in [-0.3, -0.25) is 0 Å². The molecule has 2 heteroatoms. The van der Waals surface area contributed by atoms with E-state index in [1.54, 1.807) is 0 Å². The van der Waals surface area contributed by atoms with E-state index in [1.807, 2.05) is 0 Å². The number of rotatable bonds is 4. The Balaban J connectivity index is 2.15. The van der Waals surface area contributed by atoms with Crippen molar-refractivity contribution in [1.82, 2.24) is 0 Å². The zero-order valence-corrected chi connectivity index (χ0v) is 16.1. The van der Waals surface area contributed by atoms with Gasteiger partial charge >= 0.3 is 0 Å². The fourth-order valence-corrected chi connectivity index (χ4v) is 8.65. The van der Waals surface area contributed by atoms with Gasteiger partial charge in [0, 0.05) is 6.10 Å². The molecule has 0 aliphatic heterocycles. The molecule has 0 spiro atoms. The van der Waals surface area contributed by atoms with Crippen molar-refractivity contribution >= 4 is 18.7 Å². The van der Waals surface area contributed by atoms with Crippen LogP contribution in [0.25, 0.3) is 0 Å². The molecule has 1 atom stereocenters. The van der Waals surface area contributed by atoms with Gasteiger partial charge in [0.2, 0.25) is 0 Å². The highest BCUT2D eigenvalue weighted by molar-refractivity contribution is 6.99. The summed E-state index contributed by atoms with van der Waals surface area (Å²) in [4.78, 5) is 0. The molecule has 0 saturated heterocycles. The molecule has 1 aliphatic carbocycles. The molecule has 0 amide bonds. The molecule has 0 bridgehead atoms. The van der Waals surface area contributed by atoms with Gasteiger partial charge < -0.3 is 4.43 Å². The lowest BCUT2D eigenvalue weighted by molar-refractivity contribution is 0.198. The lowest BCUT2D eigenvalue weighted by Gasteiger charge is -2.44. The summed E-state index contributed by atoms with van der Waals surface area (Å²) in [5, 5.41) is 2.78. The molecule has 0 heterocycles. The monoisotopic (exact) mass is 336 g/mol.